The molecule has 0 amide bonds. The minimum atomic E-state index is -3.51. The number of hydrogen-bond donors (Lipinski definition) is 1. The van der Waals surface area contributed by atoms with Crippen molar-refractivity contribution in [3.63, 3.8) is 0 Å². The largest absolute Gasteiger partial charge is 0.395 e. The van der Waals surface area contributed by atoms with Gasteiger partial charge in [0.05, 0.1) is 6.61 Å². The van der Waals surface area contributed by atoms with Crippen LogP contribution in [-0.2, 0) is 16.6 Å². The van der Waals surface area contributed by atoms with Crippen molar-refractivity contribution in [3.8, 4) is 0 Å². The second-order valence-electron chi connectivity index (χ2n) is 5.34. The fourth-order valence-corrected chi connectivity index (χ4v) is 4.16. The topological polar surface area (TPSA) is 73.7 Å². The van der Waals surface area contributed by atoms with Gasteiger partial charge in [0, 0.05) is 44.5 Å². The molecule has 0 spiro atoms. The minimum Gasteiger partial charge on any atom is -0.395 e. The van der Waals surface area contributed by atoms with Crippen LogP contribution in [-0.4, -0.2) is 59.9 Å². The highest BCUT2D eigenvalue weighted by molar-refractivity contribution is 7.86. The van der Waals surface area contributed by atoms with Gasteiger partial charge in [-0.05, 0) is 25.0 Å². The molecule has 1 saturated heterocycles. The van der Waals surface area contributed by atoms with Crippen LogP contribution in [0, 0.1) is 0 Å². The molecule has 0 saturated carbocycles. The van der Waals surface area contributed by atoms with Gasteiger partial charge in [0.2, 0.25) is 0 Å². The van der Waals surface area contributed by atoms with Crippen LogP contribution in [0.2, 0.25) is 0 Å². The van der Waals surface area contributed by atoms with Gasteiger partial charge in [0.15, 0.2) is 0 Å². The van der Waals surface area contributed by atoms with Crippen molar-refractivity contribution in [3.05, 3.63) is 30.1 Å². The van der Waals surface area contributed by atoms with Crippen LogP contribution < -0.4 is 0 Å². The number of aliphatic hydroxyl groups is 1. The summed E-state index contributed by atoms with van der Waals surface area (Å²) in [5.41, 5.74) is 0.872. The maximum Gasteiger partial charge on any atom is 0.282 e. The number of pyridine rings is 1. The van der Waals surface area contributed by atoms with Crippen molar-refractivity contribution in [2.45, 2.75) is 31.7 Å². The van der Waals surface area contributed by atoms with Crippen LogP contribution in [0.1, 0.15) is 25.0 Å². The molecule has 0 aromatic carbocycles. The van der Waals surface area contributed by atoms with Gasteiger partial charge in [-0.1, -0.05) is 12.5 Å². The van der Waals surface area contributed by atoms with Gasteiger partial charge < -0.3 is 5.11 Å². The van der Waals surface area contributed by atoms with Gasteiger partial charge in [0.1, 0.15) is 0 Å². The molecule has 1 aliphatic rings. The van der Waals surface area contributed by atoms with Crippen molar-refractivity contribution >= 4 is 10.2 Å². The second kappa shape index (κ2) is 7.31. The Morgan fingerprint density at radius 2 is 2.24 bits per heavy atom. The van der Waals surface area contributed by atoms with Crippen LogP contribution in [0.5, 0.6) is 0 Å². The molecular weight excluding hydrogens is 290 g/mol. The van der Waals surface area contributed by atoms with E-state index in [1.807, 2.05) is 18.2 Å². The predicted molar refractivity (Wildman–Crippen MR) is 80.9 cm³/mol. The number of aliphatic hydroxyl groups excluding tert-OH is 1. The van der Waals surface area contributed by atoms with Crippen molar-refractivity contribution < 1.29 is 13.5 Å². The van der Waals surface area contributed by atoms with Crippen LogP contribution in [0.3, 0.4) is 0 Å². The summed E-state index contributed by atoms with van der Waals surface area (Å²) >= 11 is 0. The quantitative estimate of drug-likeness (QED) is 0.837. The molecule has 1 aliphatic heterocycles. The maximum absolute atomic E-state index is 12.6. The van der Waals surface area contributed by atoms with Crippen LogP contribution >= 0.6 is 0 Å². The zero-order valence-corrected chi connectivity index (χ0v) is 13.2. The third-order valence-electron chi connectivity index (χ3n) is 3.88. The third-order valence-corrected chi connectivity index (χ3v) is 5.93. The van der Waals surface area contributed by atoms with Gasteiger partial charge in [-0.25, -0.2) is 0 Å². The smallest absolute Gasteiger partial charge is 0.282 e. The fourth-order valence-electron chi connectivity index (χ4n) is 2.57. The molecule has 1 N–H and O–H groups in total. The zero-order valence-electron chi connectivity index (χ0n) is 12.4. The van der Waals surface area contributed by atoms with E-state index in [1.165, 1.54) is 8.61 Å². The molecule has 2 heterocycles. The lowest BCUT2D eigenvalue weighted by atomic mass is 10.1. The van der Waals surface area contributed by atoms with E-state index in [-0.39, 0.29) is 12.6 Å². The summed E-state index contributed by atoms with van der Waals surface area (Å²) in [7, 11) is -1.93. The molecule has 2 rings (SSSR count). The first-order chi connectivity index (χ1) is 10.1. The molecule has 7 heteroatoms. The van der Waals surface area contributed by atoms with E-state index >= 15 is 0 Å². The van der Waals surface area contributed by atoms with Crippen molar-refractivity contribution in [1.29, 1.82) is 0 Å². The molecular formula is C14H23N3O3S. The van der Waals surface area contributed by atoms with Crippen molar-refractivity contribution in [1.82, 2.24) is 13.6 Å². The van der Waals surface area contributed by atoms with Crippen molar-refractivity contribution in [2.75, 3.05) is 26.7 Å². The Morgan fingerprint density at radius 1 is 1.43 bits per heavy atom. The second-order valence-corrected chi connectivity index (χ2v) is 7.33. The van der Waals surface area contributed by atoms with Crippen LogP contribution in [0.25, 0.3) is 0 Å². The number of hydrogen-bond acceptors (Lipinski definition) is 4. The first-order valence-electron chi connectivity index (χ1n) is 7.29. The Morgan fingerprint density at radius 3 is 2.90 bits per heavy atom. The standard InChI is InChI=1S/C14H23N3O3S/c1-16(11-8-13-6-2-4-9-15-13)21(19,20)17-10-5-3-7-14(17)12-18/h2,4,6,9,14,18H,3,5,7-8,10-12H2,1H3. The normalized spacial score (nSPS) is 20.8. The lowest BCUT2D eigenvalue weighted by Gasteiger charge is -2.36. The Bertz CT molecular complexity index is 536. The first kappa shape index (κ1) is 16.4. The lowest BCUT2D eigenvalue weighted by molar-refractivity contribution is 0.149. The van der Waals surface area contributed by atoms with E-state index in [2.05, 4.69) is 4.98 Å². The fraction of sp³-hybridized carbons (Fsp3) is 0.643. The van der Waals surface area contributed by atoms with Crippen LogP contribution in [0.4, 0.5) is 0 Å². The molecule has 1 aromatic heterocycles. The summed E-state index contributed by atoms with van der Waals surface area (Å²) in [5.74, 6) is 0. The van der Waals surface area contributed by atoms with Gasteiger partial charge >= 0.3 is 0 Å². The molecule has 6 nitrogen and oxygen atoms in total. The predicted octanol–water partition coefficient (Wildman–Crippen LogP) is 0.647. The van der Waals surface area contributed by atoms with Gasteiger partial charge in [-0.2, -0.15) is 17.0 Å². The van der Waals surface area contributed by atoms with E-state index in [0.717, 1.165) is 25.0 Å². The number of nitrogens with zero attached hydrogens (tertiary/aromatic N) is 3. The van der Waals surface area contributed by atoms with Gasteiger partial charge in [-0.15, -0.1) is 0 Å². The average molecular weight is 313 g/mol. The highest BCUT2D eigenvalue weighted by atomic mass is 32.2. The van der Waals surface area contributed by atoms with E-state index in [9.17, 15) is 13.5 Å². The van der Waals surface area contributed by atoms with E-state index in [4.69, 9.17) is 0 Å². The molecule has 21 heavy (non-hydrogen) atoms. The molecule has 0 aliphatic carbocycles. The van der Waals surface area contributed by atoms with Gasteiger partial charge in [-0.3, -0.25) is 4.98 Å². The summed E-state index contributed by atoms with van der Waals surface area (Å²) in [6.45, 7) is 0.753. The Kier molecular flexibility index (Phi) is 5.69. The lowest BCUT2D eigenvalue weighted by Crippen LogP contribution is -2.51. The van der Waals surface area contributed by atoms with Crippen molar-refractivity contribution in [2.24, 2.45) is 0 Å². The third kappa shape index (κ3) is 4.00. The average Bonchev–Trinajstić information content (AvgIpc) is 2.53. The molecule has 118 valence electrons. The number of piperidine rings is 1. The first-order valence-corrected chi connectivity index (χ1v) is 8.69. The summed E-state index contributed by atoms with van der Waals surface area (Å²) in [6.07, 6.45) is 4.83. The summed E-state index contributed by atoms with van der Waals surface area (Å²) in [4.78, 5) is 4.20. The zero-order chi connectivity index (χ0) is 15.3. The highest BCUT2D eigenvalue weighted by Crippen LogP contribution is 2.21. The number of rotatable bonds is 6. The minimum absolute atomic E-state index is 0.118. The summed E-state index contributed by atoms with van der Waals surface area (Å²) in [6, 6.07) is 5.33. The Labute approximate surface area is 126 Å². The Balaban J connectivity index is 2.00. The number of likely N-dealkylation sites (N-methyl/N-ethyl adjacent to an activating group) is 1. The monoisotopic (exact) mass is 313 g/mol. The molecule has 1 aromatic rings. The molecule has 1 atom stereocenters. The molecule has 1 fully saturated rings. The molecule has 1 unspecified atom stereocenters. The SMILES string of the molecule is CN(CCc1ccccn1)S(=O)(=O)N1CCCCC1CO. The summed E-state index contributed by atoms with van der Waals surface area (Å²) < 4.78 is 28.0. The highest BCUT2D eigenvalue weighted by Gasteiger charge is 2.34. The summed E-state index contributed by atoms with van der Waals surface area (Å²) in [5, 5.41) is 9.38. The molecule has 0 radical (unpaired) electrons. The van der Waals surface area contributed by atoms with E-state index in [1.54, 1.807) is 13.2 Å². The maximum atomic E-state index is 12.6. The van der Waals surface area contributed by atoms with E-state index < -0.39 is 10.2 Å². The van der Waals surface area contributed by atoms with Gasteiger partial charge in [0.25, 0.3) is 10.2 Å². The van der Waals surface area contributed by atoms with E-state index in [0.29, 0.717) is 19.5 Å². The Hall–Kier alpha value is -1.02. The number of aromatic nitrogens is 1. The molecule has 0 bridgehead atoms. The van der Waals surface area contributed by atoms with Crippen LogP contribution in [0.15, 0.2) is 24.4 Å².